The van der Waals surface area contributed by atoms with Crippen LogP contribution in [0.15, 0.2) is 18.2 Å². The van der Waals surface area contributed by atoms with Gasteiger partial charge in [0, 0.05) is 16.4 Å². The van der Waals surface area contributed by atoms with Gasteiger partial charge in [0.1, 0.15) is 5.75 Å². The van der Waals surface area contributed by atoms with E-state index in [9.17, 15) is 9.90 Å². The normalized spacial score (nSPS) is 23.7. The van der Waals surface area contributed by atoms with Crippen LogP contribution in [0.4, 0.5) is 0 Å². The Morgan fingerprint density at radius 2 is 2.00 bits per heavy atom. The zero-order chi connectivity index (χ0) is 13.1. The first kappa shape index (κ1) is 13.4. The van der Waals surface area contributed by atoms with Crippen molar-refractivity contribution in [2.75, 3.05) is 0 Å². The fraction of sp³-hybridized carbons (Fsp3) is 0.500. The highest BCUT2D eigenvalue weighted by Crippen LogP contribution is 2.24. The molecule has 0 aliphatic heterocycles. The predicted octanol–water partition coefficient (Wildman–Crippen LogP) is 3.14. The van der Waals surface area contributed by atoms with Crippen LogP contribution >= 0.6 is 15.9 Å². The molecule has 3 nitrogen and oxygen atoms in total. The number of carbonyl (C=O) groups is 1. The van der Waals surface area contributed by atoms with Crippen molar-refractivity contribution in [2.45, 2.75) is 43.5 Å². The van der Waals surface area contributed by atoms with Gasteiger partial charge in [-0.2, -0.15) is 0 Å². The van der Waals surface area contributed by atoms with Gasteiger partial charge >= 0.3 is 0 Å². The van der Waals surface area contributed by atoms with E-state index in [-0.39, 0.29) is 17.7 Å². The van der Waals surface area contributed by atoms with Crippen LogP contribution in [0.5, 0.6) is 5.75 Å². The van der Waals surface area contributed by atoms with Crippen molar-refractivity contribution in [1.82, 2.24) is 5.32 Å². The highest BCUT2D eigenvalue weighted by Gasteiger charge is 2.21. The van der Waals surface area contributed by atoms with Crippen LogP contribution in [0.1, 0.15) is 41.6 Å². The molecule has 1 saturated carbocycles. The molecule has 1 aromatic carbocycles. The number of halogens is 1. The molecule has 1 aliphatic carbocycles. The van der Waals surface area contributed by atoms with Gasteiger partial charge in [-0.3, -0.25) is 4.79 Å². The van der Waals surface area contributed by atoms with E-state index in [2.05, 4.69) is 21.2 Å². The van der Waals surface area contributed by atoms with Crippen molar-refractivity contribution in [2.24, 2.45) is 0 Å². The van der Waals surface area contributed by atoms with Crippen molar-refractivity contribution in [3.05, 3.63) is 29.3 Å². The van der Waals surface area contributed by atoms with Gasteiger partial charge in [-0.05, 0) is 56.4 Å². The van der Waals surface area contributed by atoms with E-state index in [1.54, 1.807) is 25.1 Å². The van der Waals surface area contributed by atoms with Gasteiger partial charge in [0.15, 0.2) is 0 Å². The average molecular weight is 312 g/mol. The Bertz CT molecular complexity index is 439. The third-order valence-electron chi connectivity index (χ3n) is 3.45. The summed E-state index contributed by atoms with van der Waals surface area (Å²) >= 11 is 3.60. The summed E-state index contributed by atoms with van der Waals surface area (Å²) in [7, 11) is 0. The highest BCUT2D eigenvalue weighted by molar-refractivity contribution is 9.09. The zero-order valence-electron chi connectivity index (χ0n) is 10.4. The molecule has 0 atom stereocenters. The summed E-state index contributed by atoms with van der Waals surface area (Å²) in [5, 5.41) is 12.5. The van der Waals surface area contributed by atoms with Crippen LogP contribution in [0.3, 0.4) is 0 Å². The summed E-state index contributed by atoms with van der Waals surface area (Å²) in [6.07, 6.45) is 4.27. The van der Waals surface area contributed by atoms with Crippen molar-refractivity contribution in [3.63, 3.8) is 0 Å². The second-order valence-corrected chi connectivity index (χ2v) is 6.22. The molecule has 0 saturated heterocycles. The molecule has 1 aliphatic rings. The smallest absolute Gasteiger partial charge is 0.251 e. The number of hydrogen-bond donors (Lipinski definition) is 2. The maximum Gasteiger partial charge on any atom is 0.251 e. The summed E-state index contributed by atoms with van der Waals surface area (Å²) in [4.78, 5) is 12.7. The molecule has 0 bridgehead atoms. The number of alkyl halides is 1. The number of aromatic hydroxyl groups is 1. The Labute approximate surface area is 116 Å². The molecule has 0 aromatic heterocycles. The van der Waals surface area contributed by atoms with E-state index in [1.807, 2.05) is 0 Å². The maximum atomic E-state index is 12.1. The molecule has 1 amide bonds. The van der Waals surface area contributed by atoms with E-state index in [0.717, 1.165) is 31.2 Å². The molecule has 98 valence electrons. The lowest BCUT2D eigenvalue weighted by Gasteiger charge is -2.26. The Kier molecular flexibility index (Phi) is 4.27. The molecule has 2 rings (SSSR count). The van der Waals surface area contributed by atoms with E-state index >= 15 is 0 Å². The predicted molar refractivity (Wildman–Crippen MR) is 75.3 cm³/mol. The quantitative estimate of drug-likeness (QED) is 0.824. The van der Waals surface area contributed by atoms with Gasteiger partial charge in [-0.25, -0.2) is 0 Å². The van der Waals surface area contributed by atoms with Crippen LogP contribution in [0.2, 0.25) is 0 Å². The van der Waals surface area contributed by atoms with E-state index < -0.39 is 0 Å². The molecule has 0 spiro atoms. The summed E-state index contributed by atoms with van der Waals surface area (Å²) in [5.41, 5.74) is 1.35. The summed E-state index contributed by atoms with van der Waals surface area (Å²) in [6, 6.07) is 5.23. The van der Waals surface area contributed by atoms with Crippen LogP contribution in [-0.4, -0.2) is 21.9 Å². The number of hydrogen-bond acceptors (Lipinski definition) is 2. The topological polar surface area (TPSA) is 49.3 Å². The summed E-state index contributed by atoms with van der Waals surface area (Å²) < 4.78 is 0. The van der Waals surface area contributed by atoms with Gasteiger partial charge in [-0.1, -0.05) is 15.9 Å². The Morgan fingerprint density at radius 3 is 2.61 bits per heavy atom. The lowest BCUT2D eigenvalue weighted by molar-refractivity contribution is 0.0928. The minimum atomic E-state index is -0.0453. The Morgan fingerprint density at radius 1 is 1.33 bits per heavy atom. The number of carbonyl (C=O) groups excluding carboxylic acids is 1. The van der Waals surface area contributed by atoms with Gasteiger partial charge < -0.3 is 10.4 Å². The monoisotopic (exact) mass is 311 g/mol. The fourth-order valence-corrected chi connectivity index (χ4v) is 2.79. The zero-order valence-corrected chi connectivity index (χ0v) is 12.0. The number of amides is 1. The lowest BCUT2D eigenvalue weighted by Crippen LogP contribution is -2.37. The number of benzene rings is 1. The minimum Gasteiger partial charge on any atom is -0.508 e. The molecular weight excluding hydrogens is 294 g/mol. The average Bonchev–Trinajstić information content (AvgIpc) is 2.35. The molecule has 18 heavy (non-hydrogen) atoms. The van der Waals surface area contributed by atoms with Crippen molar-refractivity contribution in [3.8, 4) is 5.75 Å². The first-order valence-corrected chi connectivity index (χ1v) is 7.22. The number of nitrogens with one attached hydrogen (secondary N) is 1. The van der Waals surface area contributed by atoms with Gasteiger partial charge in [0.2, 0.25) is 0 Å². The molecule has 0 radical (unpaired) electrons. The first-order valence-electron chi connectivity index (χ1n) is 6.31. The molecule has 4 heteroatoms. The van der Waals surface area contributed by atoms with Crippen LogP contribution in [0.25, 0.3) is 0 Å². The van der Waals surface area contributed by atoms with Crippen molar-refractivity contribution in [1.29, 1.82) is 0 Å². The fourth-order valence-electron chi connectivity index (χ4n) is 2.26. The van der Waals surface area contributed by atoms with Crippen LogP contribution in [-0.2, 0) is 0 Å². The largest absolute Gasteiger partial charge is 0.508 e. The summed E-state index contributed by atoms with van der Waals surface area (Å²) in [6.45, 7) is 1.79. The molecule has 2 N–H and O–H groups in total. The molecule has 0 heterocycles. The number of phenols is 1. The highest BCUT2D eigenvalue weighted by atomic mass is 79.9. The number of rotatable bonds is 2. The van der Waals surface area contributed by atoms with E-state index in [1.165, 1.54) is 0 Å². The minimum absolute atomic E-state index is 0.0453. The second-order valence-electron chi connectivity index (χ2n) is 4.92. The van der Waals surface area contributed by atoms with Crippen LogP contribution in [0, 0.1) is 6.92 Å². The summed E-state index contributed by atoms with van der Waals surface area (Å²) in [5.74, 6) is 0.183. The lowest BCUT2D eigenvalue weighted by atomic mass is 9.95. The first-order chi connectivity index (χ1) is 8.56. The number of phenolic OH excluding ortho intramolecular Hbond substituents is 1. The Hall–Kier alpha value is -1.03. The van der Waals surface area contributed by atoms with Crippen LogP contribution < -0.4 is 5.32 Å². The van der Waals surface area contributed by atoms with Gasteiger partial charge in [0.25, 0.3) is 5.91 Å². The van der Waals surface area contributed by atoms with E-state index in [4.69, 9.17) is 0 Å². The molecule has 0 unspecified atom stereocenters. The third-order valence-corrected chi connectivity index (χ3v) is 4.37. The van der Waals surface area contributed by atoms with Gasteiger partial charge in [-0.15, -0.1) is 0 Å². The number of aryl methyl sites for hydroxylation is 1. The Balaban J connectivity index is 1.97. The van der Waals surface area contributed by atoms with Gasteiger partial charge in [0.05, 0.1) is 0 Å². The molecule has 1 fully saturated rings. The standard InChI is InChI=1S/C14H18BrNO2/c1-9-8-10(2-7-13(9)17)14(18)16-12-5-3-11(15)4-6-12/h2,7-8,11-12,17H,3-6H2,1H3,(H,16,18). The maximum absolute atomic E-state index is 12.1. The molecule has 1 aromatic rings. The van der Waals surface area contributed by atoms with Crippen molar-refractivity contribution >= 4 is 21.8 Å². The third kappa shape index (κ3) is 3.25. The second kappa shape index (κ2) is 5.74. The SMILES string of the molecule is Cc1cc(C(=O)NC2CCC(Br)CC2)ccc1O. The van der Waals surface area contributed by atoms with Crippen molar-refractivity contribution < 1.29 is 9.90 Å². The molecular formula is C14H18BrNO2. The van der Waals surface area contributed by atoms with E-state index in [0.29, 0.717) is 10.4 Å².